The molecular weight excluding hydrogens is 383 g/mol. The van der Waals surface area contributed by atoms with Gasteiger partial charge in [0.1, 0.15) is 0 Å². The number of rotatable bonds is 3. The van der Waals surface area contributed by atoms with Crippen molar-refractivity contribution in [3.63, 3.8) is 0 Å². The Bertz CT molecular complexity index is 430. The fourth-order valence-corrected chi connectivity index (χ4v) is 2.08. The van der Waals surface area contributed by atoms with Crippen LogP contribution in [-0.2, 0) is 20.9 Å². The minimum atomic E-state index is -3.38. The van der Waals surface area contributed by atoms with Gasteiger partial charge in [0.05, 0.1) is 12.9 Å². The molecule has 1 aromatic rings. The van der Waals surface area contributed by atoms with Gasteiger partial charge in [0.15, 0.2) is 0 Å². The zero-order valence-corrected chi connectivity index (χ0v) is 11.9. The fraction of sp³-hybridized carbons (Fsp3) is 0.250. The Morgan fingerprint density at radius 3 is 2.71 bits per heavy atom. The summed E-state index contributed by atoms with van der Waals surface area (Å²) < 4.78 is 28.1. The molecule has 0 aliphatic heterocycles. The lowest BCUT2D eigenvalue weighted by molar-refractivity contribution is 0.311. The van der Waals surface area contributed by atoms with Gasteiger partial charge in [-0.25, -0.2) is 0 Å². The maximum absolute atomic E-state index is 10.8. The summed E-state index contributed by atoms with van der Waals surface area (Å²) >= 11 is 5.48. The summed E-state index contributed by atoms with van der Waals surface area (Å²) in [6.45, 7) is 0.0657. The molecule has 0 unspecified atom stereocenters. The smallest absolute Gasteiger partial charge is 0.264 e. The highest BCUT2D eigenvalue weighted by molar-refractivity contribution is 14.1. The molecule has 0 aliphatic carbocycles. The van der Waals surface area contributed by atoms with E-state index in [4.69, 9.17) is 4.18 Å². The lowest BCUT2D eigenvalue weighted by Crippen LogP contribution is -2.03. The summed E-state index contributed by atoms with van der Waals surface area (Å²) in [4.78, 5) is 0. The Morgan fingerprint density at radius 2 is 2.14 bits per heavy atom. The molecule has 1 aromatic carbocycles. The number of halogens is 2. The second-order valence-corrected chi connectivity index (χ2v) is 6.45. The average Bonchev–Trinajstić information content (AvgIpc) is 2.05. The van der Waals surface area contributed by atoms with Gasteiger partial charge in [-0.15, -0.1) is 0 Å². The summed E-state index contributed by atoms with van der Waals surface area (Å²) in [7, 11) is -3.38. The highest BCUT2D eigenvalue weighted by Crippen LogP contribution is 2.20. The maximum Gasteiger partial charge on any atom is 0.264 e. The van der Waals surface area contributed by atoms with E-state index in [2.05, 4.69) is 38.5 Å². The monoisotopic (exact) mass is 390 g/mol. The summed E-state index contributed by atoms with van der Waals surface area (Å²) in [5.74, 6) is 0. The van der Waals surface area contributed by atoms with E-state index < -0.39 is 10.1 Å². The molecule has 0 saturated heterocycles. The first kappa shape index (κ1) is 12.4. The second-order valence-electron chi connectivity index (χ2n) is 2.70. The highest BCUT2D eigenvalue weighted by atomic mass is 127. The molecule has 0 N–H and O–H groups in total. The highest BCUT2D eigenvalue weighted by Gasteiger charge is 2.05. The Hall–Kier alpha value is 0.340. The van der Waals surface area contributed by atoms with Crippen molar-refractivity contribution in [1.29, 1.82) is 0 Å². The molecule has 0 aliphatic rings. The first-order valence-electron chi connectivity index (χ1n) is 3.67. The molecule has 0 fully saturated rings. The Balaban J connectivity index is 2.81. The van der Waals surface area contributed by atoms with Crippen LogP contribution in [0, 0.1) is 3.57 Å². The molecule has 6 heteroatoms. The molecule has 3 nitrogen and oxygen atoms in total. The molecule has 0 spiro atoms. The average molecular weight is 391 g/mol. The maximum atomic E-state index is 10.8. The third-order valence-electron chi connectivity index (χ3n) is 1.44. The predicted molar refractivity (Wildman–Crippen MR) is 66.5 cm³/mol. The Labute approximate surface area is 105 Å². The van der Waals surface area contributed by atoms with E-state index in [-0.39, 0.29) is 6.61 Å². The Morgan fingerprint density at radius 1 is 1.50 bits per heavy atom. The quantitative estimate of drug-likeness (QED) is 0.588. The molecule has 78 valence electrons. The van der Waals surface area contributed by atoms with Crippen LogP contribution in [0.5, 0.6) is 0 Å². The van der Waals surface area contributed by atoms with Crippen LogP contribution in [0.15, 0.2) is 22.7 Å². The zero-order chi connectivity index (χ0) is 10.8. The van der Waals surface area contributed by atoms with E-state index in [1.54, 1.807) is 0 Å². The third-order valence-corrected chi connectivity index (χ3v) is 3.43. The van der Waals surface area contributed by atoms with Crippen molar-refractivity contribution < 1.29 is 12.6 Å². The number of hydrogen-bond acceptors (Lipinski definition) is 3. The predicted octanol–water partition coefficient (Wildman–Crippen LogP) is 2.53. The van der Waals surface area contributed by atoms with Gasteiger partial charge >= 0.3 is 0 Å². The van der Waals surface area contributed by atoms with Gasteiger partial charge in [-0.2, -0.15) is 8.42 Å². The van der Waals surface area contributed by atoms with Crippen LogP contribution in [0.25, 0.3) is 0 Å². The third kappa shape index (κ3) is 4.24. The summed E-state index contributed by atoms with van der Waals surface area (Å²) in [6.07, 6.45) is 1.04. The van der Waals surface area contributed by atoms with E-state index >= 15 is 0 Å². The molecule has 0 aromatic heterocycles. The van der Waals surface area contributed by atoms with E-state index in [1.807, 2.05) is 18.2 Å². The van der Waals surface area contributed by atoms with Crippen LogP contribution >= 0.6 is 38.5 Å². The van der Waals surface area contributed by atoms with Crippen molar-refractivity contribution in [2.45, 2.75) is 6.61 Å². The van der Waals surface area contributed by atoms with Crippen LogP contribution in [0.4, 0.5) is 0 Å². The van der Waals surface area contributed by atoms with Crippen LogP contribution in [0.1, 0.15) is 5.56 Å². The normalized spacial score (nSPS) is 11.6. The van der Waals surface area contributed by atoms with Gasteiger partial charge in [0.2, 0.25) is 0 Å². The minimum absolute atomic E-state index is 0.0657. The summed E-state index contributed by atoms with van der Waals surface area (Å²) in [5.41, 5.74) is 0.822. The van der Waals surface area contributed by atoms with Crippen LogP contribution in [0.2, 0.25) is 0 Å². The summed E-state index contributed by atoms with van der Waals surface area (Å²) in [6, 6.07) is 5.66. The molecule has 14 heavy (non-hydrogen) atoms. The van der Waals surface area contributed by atoms with Gasteiger partial charge in [-0.05, 0) is 46.4 Å². The van der Waals surface area contributed by atoms with Crippen molar-refractivity contribution in [2.24, 2.45) is 0 Å². The molecule has 0 saturated carbocycles. The van der Waals surface area contributed by atoms with Gasteiger partial charge in [0, 0.05) is 8.04 Å². The summed E-state index contributed by atoms with van der Waals surface area (Å²) in [5, 5.41) is 0. The lowest BCUT2D eigenvalue weighted by Gasteiger charge is -2.04. The van der Waals surface area contributed by atoms with Crippen LogP contribution in [0.3, 0.4) is 0 Å². The fourth-order valence-electron chi connectivity index (χ4n) is 0.824. The van der Waals surface area contributed by atoms with Crippen LogP contribution in [-0.4, -0.2) is 14.7 Å². The first-order chi connectivity index (χ1) is 6.38. The van der Waals surface area contributed by atoms with Gasteiger partial charge < -0.3 is 0 Å². The Kier molecular flexibility index (Phi) is 4.35. The molecular formula is C8H8BrIO3S. The molecule has 0 heterocycles. The van der Waals surface area contributed by atoms with Gasteiger partial charge in [0.25, 0.3) is 10.1 Å². The van der Waals surface area contributed by atoms with E-state index in [0.29, 0.717) is 0 Å². The molecule has 0 atom stereocenters. The number of benzene rings is 1. The van der Waals surface area contributed by atoms with Crippen molar-refractivity contribution in [3.05, 3.63) is 31.8 Å². The second kappa shape index (κ2) is 4.91. The van der Waals surface area contributed by atoms with Crippen molar-refractivity contribution in [1.82, 2.24) is 0 Å². The van der Waals surface area contributed by atoms with Crippen molar-refractivity contribution >= 4 is 48.6 Å². The van der Waals surface area contributed by atoms with Gasteiger partial charge in [-0.1, -0.05) is 15.9 Å². The number of hydrogen-bond donors (Lipinski definition) is 0. The van der Waals surface area contributed by atoms with Crippen molar-refractivity contribution in [3.8, 4) is 0 Å². The first-order valence-corrected chi connectivity index (χ1v) is 7.35. The topological polar surface area (TPSA) is 43.4 Å². The van der Waals surface area contributed by atoms with Crippen LogP contribution < -0.4 is 0 Å². The zero-order valence-electron chi connectivity index (χ0n) is 7.33. The van der Waals surface area contributed by atoms with E-state index in [9.17, 15) is 8.42 Å². The SMILES string of the molecule is CS(=O)(=O)OCc1cc(I)ccc1Br. The standard InChI is InChI=1S/C8H8BrIO3S/c1-14(11,12)13-5-6-4-7(10)2-3-8(6)9/h2-4H,5H2,1H3. The largest absolute Gasteiger partial charge is 0.265 e. The molecule has 0 radical (unpaired) electrons. The molecule has 0 bridgehead atoms. The van der Waals surface area contributed by atoms with Crippen molar-refractivity contribution in [2.75, 3.05) is 6.26 Å². The van der Waals surface area contributed by atoms with E-state index in [0.717, 1.165) is 19.9 Å². The van der Waals surface area contributed by atoms with E-state index in [1.165, 1.54) is 0 Å². The lowest BCUT2D eigenvalue weighted by atomic mass is 10.2. The molecule has 0 amide bonds. The molecule has 1 rings (SSSR count). The minimum Gasteiger partial charge on any atom is -0.265 e. The van der Waals surface area contributed by atoms with Gasteiger partial charge in [-0.3, -0.25) is 4.18 Å².